The van der Waals surface area contributed by atoms with Crippen LogP contribution in [0.5, 0.6) is 0 Å². The van der Waals surface area contributed by atoms with Gasteiger partial charge in [-0.2, -0.15) is 0 Å². The molecule has 11 aromatic rings. The van der Waals surface area contributed by atoms with Crippen LogP contribution >= 0.6 is 0 Å². The van der Waals surface area contributed by atoms with Crippen molar-refractivity contribution < 1.29 is 8.83 Å². The van der Waals surface area contributed by atoms with E-state index >= 15 is 0 Å². The standard InChI is InChI=1S/C59H48BN2O2/c1-57(2,3)32-21-24-34(25-22-32)61-44-30-49-38(35-15-10-13-19-47(35)63-49)28-40(44)53-54-51(37-17-9-12-18-42(37)59(54,7)8)52-41-27-33(58(4,5)6)23-26-45(41)62-46-31-50-39(29-43(46)60-55(53)56(52)62)36-16-11-14-20-48(36)64-50/h9-31,61H,1-8H3. The van der Waals surface area contributed by atoms with Gasteiger partial charge in [0.1, 0.15) is 22.3 Å². The van der Waals surface area contributed by atoms with Crippen molar-refractivity contribution in [1.82, 2.24) is 4.57 Å². The van der Waals surface area contributed by atoms with Crippen molar-refractivity contribution in [3.63, 3.8) is 0 Å². The molecule has 4 nitrogen and oxygen atoms in total. The molecule has 0 bridgehead atoms. The first-order chi connectivity index (χ1) is 30.7. The maximum absolute atomic E-state index is 6.66. The van der Waals surface area contributed by atoms with Gasteiger partial charge in [-0.3, -0.25) is 0 Å². The lowest BCUT2D eigenvalue weighted by Crippen LogP contribution is -2.38. The second kappa shape index (κ2) is 12.6. The molecule has 0 fully saturated rings. The van der Waals surface area contributed by atoms with E-state index < -0.39 is 0 Å². The van der Waals surface area contributed by atoms with Crippen LogP contribution in [0, 0.1) is 0 Å². The Kier molecular flexibility index (Phi) is 7.40. The Morgan fingerprint density at radius 1 is 0.547 bits per heavy atom. The average molecular weight is 828 g/mol. The average Bonchev–Trinajstić information content (AvgIpc) is 3.99. The molecule has 8 aromatic carbocycles. The van der Waals surface area contributed by atoms with Crippen LogP contribution in [0.25, 0.3) is 93.6 Å². The van der Waals surface area contributed by atoms with E-state index in [9.17, 15) is 0 Å². The molecule has 0 saturated carbocycles. The van der Waals surface area contributed by atoms with Crippen molar-refractivity contribution in [2.45, 2.75) is 71.6 Å². The molecular formula is C59H48BN2O2. The predicted molar refractivity (Wildman–Crippen MR) is 270 cm³/mol. The van der Waals surface area contributed by atoms with Gasteiger partial charge in [0.25, 0.3) is 0 Å². The Balaban J connectivity index is 1.21. The number of hydrogen-bond acceptors (Lipinski definition) is 3. The van der Waals surface area contributed by atoms with Gasteiger partial charge in [0.15, 0.2) is 7.28 Å². The minimum atomic E-state index is -0.333. The summed E-state index contributed by atoms with van der Waals surface area (Å²) in [6.45, 7) is 18.6. The quantitative estimate of drug-likeness (QED) is 0.180. The van der Waals surface area contributed by atoms with Crippen molar-refractivity contribution in [3.05, 3.63) is 162 Å². The van der Waals surface area contributed by atoms with Gasteiger partial charge >= 0.3 is 0 Å². The highest BCUT2D eigenvalue weighted by molar-refractivity contribution is 6.74. The molecule has 4 heterocycles. The lowest BCUT2D eigenvalue weighted by Gasteiger charge is -2.30. The number of nitrogens with one attached hydrogen (secondary N) is 1. The lowest BCUT2D eigenvalue weighted by molar-refractivity contribution is 0.590. The fourth-order valence-corrected chi connectivity index (χ4v) is 11.2. The van der Waals surface area contributed by atoms with Crippen molar-refractivity contribution in [1.29, 1.82) is 0 Å². The van der Waals surface area contributed by atoms with Crippen LogP contribution in [0.2, 0.25) is 0 Å². The van der Waals surface area contributed by atoms with Crippen molar-refractivity contribution >= 4 is 95.3 Å². The van der Waals surface area contributed by atoms with Gasteiger partial charge in [-0.1, -0.05) is 146 Å². The Hall–Kier alpha value is -6.98. The largest absolute Gasteiger partial charge is 0.456 e. The van der Waals surface area contributed by atoms with Gasteiger partial charge in [-0.15, -0.1) is 0 Å². The molecule has 0 saturated heterocycles. The van der Waals surface area contributed by atoms with Crippen LogP contribution < -0.4 is 16.2 Å². The number of aromatic nitrogens is 1. The molecule has 0 atom stereocenters. The molecule has 13 rings (SSSR count). The minimum absolute atomic E-state index is 0.0369. The molecule has 0 spiro atoms. The summed E-state index contributed by atoms with van der Waals surface area (Å²) in [4.78, 5) is 0. The Labute approximate surface area is 373 Å². The number of para-hydroxylation sites is 2. The van der Waals surface area contributed by atoms with Gasteiger partial charge < -0.3 is 18.7 Å². The SMILES string of the molecule is CC(C)(C)c1ccc(Nc2cc3oc4ccccc4c3cc2-c2c3c(c4c5cc(C(C)(C)C)ccc5n5c4c2[B]c2cc4c(cc2-5)oc2ccccc24)-c2ccccc2C3(C)C)cc1. The summed E-state index contributed by atoms with van der Waals surface area (Å²) in [6.07, 6.45) is 0. The minimum Gasteiger partial charge on any atom is -0.456 e. The highest BCUT2D eigenvalue weighted by atomic mass is 16.3. The molecule has 1 aliphatic heterocycles. The molecule has 309 valence electrons. The summed E-state index contributed by atoms with van der Waals surface area (Å²) in [5.74, 6) is 0. The molecule has 1 N–H and O–H groups in total. The summed E-state index contributed by atoms with van der Waals surface area (Å²) in [5.41, 5.74) is 21.5. The summed E-state index contributed by atoms with van der Waals surface area (Å²) in [5, 5.41) is 11.0. The van der Waals surface area contributed by atoms with Crippen LogP contribution in [0.1, 0.15) is 77.6 Å². The monoisotopic (exact) mass is 827 g/mol. The highest BCUT2D eigenvalue weighted by Gasteiger charge is 2.43. The van der Waals surface area contributed by atoms with Gasteiger partial charge in [-0.05, 0) is 97.7 Å². The van der Waals surface area contributed by atoms with Gasteiger partial charge in [0, 0.05) is 72.3 Å². The van der Waals surface area contributed by atoms with Gasteiger partial charge in [-0.25, -0.2) is 0 Å². The normalized spacial score (nSPS) is 14.2. The van der Waals surface area contributed by atoms with E-state index in [4.69, 9.17) is 8.83 Å². The third kappa shape index (κ3) is 5.12. The Morgan fingerprint density at radius 3 is 1.88 bits per heavy atom. The van der Waals surface area contributed by atoms with Crippen LogP contribution in [-0.4, -0.2) is 11.8 Å². The van der Waals surface area contributed by atoms with Crippen LogP contribution in [0.3, 0.4) is 0 Å². The maximum atomic E-state index is 6.66. The summed E-state index contributed by atoms with van der Waals surface area (Å²) < 4.78 is 15.8. The zero-order chi connectivity index (χ0) is 43.6. The van der Waals surface area contributed by atoms with Crippen LogP contribution in [0.4, 0.5) is 11.4 Å². The van der Waals surface area contributed by atoms with E-state index in [1.807, 2.05) is 0 Å². The van der Waals surface area contributed by atoms with E-state index in [2.05, 4.69) is 212 Å². The van der Waals surface area contributed by atoms with Crippen molar-refractivity contribution in [3.8, 4) is 27.9 Å². The van der Waals surface area contributed by atoms with Crippen molar-refractivity contribution in [2.24, 2.45) is 0 Å². The zero-order valence-electron chi connectivity index (χ0n) is 37.6. The van der Waals surface area contributed by atoms with E-state index in [1.165, 1.54) is 71.7 Å². The number of nitrogens with zero attached hydrogens (tertiary/aromatic N) is 1. The lowest BCUT2D eigenvalue weighted by atomic mass is 9.57. The first-order valence-electron chi connectivity index (χ1n) is 22.7. The fourth-order valence-electron chi connectivity index (χ4n) is 11.2. The first kappa shape index (κ1) is 37.6. The smallest absolute Gasteiger partial charge is 0.197 e. The molecule has 1 radical (unpaired) electrons. The fraction of sp³-hybridized carbons (Fsp3) is 0.186. The third-order valence-electron chi connectivity index (χ3n) is 14.5. The molecule has 64 heavy (non-hydrogen) atoms. The molecule has 3 aromatic heterocycles. The second-order valence-electron chi connectivity index (χ2n) is 20.8. The predicted octanol–water partition coefficient (Wildman–Crippen LogP) is 14.9. The molecule has 0 amide bonds. The molecule has 1 aliphatic carbocycles. The molecule has 0 unspecified atom stereocenters. The number of furan rings is 2. The summed E-state index contributed by atoms with van der Waals surface area (Å²) in [7, 11) is 2.48. The van der Waals surface area contributed by atoms with Crippen LogP contribution in [0.15, 0.2) is 148 Å². The Morgan fingerprint density at radius 2 is 1.17 bits per heavy atom. The topological polar surface area (TPSA) is 43.2 Å². The summed E-state index contributed by atoms with van der Waals surface area (Å²) >= 11 is 0. The van der Waals surface area contributed by atoms with E-state index in [-0.39, 0.29) is 16.2 Å². The maximum Gasteiger partial charge on any atom is 0.197 e. The molecule has 2 aliphatic rings. The van der Waals surface area contributed by atoms with Crippen molar-refractivity contribution in [2.75, 3.05) is 5.32 Å². The second-order valence-corrected chi connectivity index (χ2v) is 20.8. The summed E-state index contributed by atoms with van der Waals surface area (Å²) in [6, 6.07) is 51.4. The Bertz CT molecular complexity index is 3820. The van der Waals surface area contributed by atoms with E-state index in [0.29, 0.717) is 0 Å². The zero-order valence-corrected chi connectivity index (χ0v) is 37.6. The number of anilines is 2. The highest BCUT2D eigenvalue weighted by Crippen LogP contribution is 2.57. The van der Waals surface area contributed by atoms with E-state index in [0.717, 1.165) is 66.5 Å². The number of rotatable bonds is 3. The third-order valence-corrected chi connectivity index (χ3v) is 14.5. The first-order valence-corrected chi connectivity index (χ1v) is 22.7. The van der Waals surface area contributed by atoms with Gasteiger partial charge in [0.2, 0.25) is 0 Å². The molecule has 5 heteroatoms. The van der Waals surface area contributed by atoms with Gasteiger partial charge in [0.05, 0.1) is 11.2 Å². The van der Waals surface area contributed by atoms with Crippen LogP contribution in [-0.2, 0) is 16.2 Å². The number of fused-ring (bicyclic) bond motifs is 15. The van der Waals surface area contributed by atoms with E-state index in [1.54, 1.807) is 0 Å². The number of benzene rings is 8. The molecular weight excluding hydrogens is 779 g/mol. The number of hydrogen-bond donors (Lipinski definition) is 1.